The maximum atomic E-state index is 5.33. The van der Waals surface area contributed by atoms with Gasteiger partial charge in [0.25, 0.3) is 0 Å². The summed E-state index contributed by atoms with van der Waals surface area (Å²) in [6.45, 7) is 8.70. The molecule has 0 bridgehead atoms. The van der Waals surface area contributed by atoms with E-state index in [9.17, 15) is 0 Å². The van der Waals surface area contributed by atoms with Crippen LogP contribution in [0.15, 0.2) is 24.5 Å². The number of rotatable bonds is 7. The molecule has 1 aromatic carbocycles. The largest absolute Gasteiger partial charge is 0.497 e. The summed E-state index contributed by atoms with van der Waals surface area (Å²) in [5, 5.41) is 0. The minimum absolute atomic E-state index is 0.430. The lowest BCUT2D eigenvalue weighted by Gasteiger charge is -2.19. The van der Waals surface area contributed by atoms with Crippen LogP contribution in [0.5, 0.6) is 5.75 Å². The van der Waals surface area contributed by atoms with E-state index in [4.69, 9.17) is 9.72 Å². The lowest BCUT2D eigenvalue weighted by atomic mass is 10.0. The number of fused-ring (bicyclic) bond motifs is 1. The van der Waals surface area contributed by atoms with Gasteiger partial charge in [0.2, 0.25) is 0 Å². The van der Waals surface area contributed by atoms with Crippen LogP contribution in [0.4, 0.5) is 0 Å². The van der Waals surface area contributed by atoms with Crippen LogP contribution in [-0.2, 0) is 6.42 Å². The molecule has 1 atom stereocenters. The molecule has 5 nitrogen and oxygen atoms in total. The number of ether oxygens (including phenoxy) is 1. The van der Waals surface area contributed by atoms with Gasteiger partial charge in [0, 0.05) is 18.0 Å². The van der Waals surface area contributed by atoms with Gasteiger partial charge in [-0.3, -0.25) is 0 Å². The number of aromatic nitrogens is 4. The minimum Gasteiger partial charge on any atom is -0.497 e. The van der Waals surface area contributed by atoms with E-state index in [1.807, 2.05) is 12.1 Å². The van der Waals surface area contributed by atoms with Gasteiger partial charge in [-0.1, -0.05) is 27.2 Å². The molecular weight excluding hydrogens is 324 g/mol. The van der Waals surface area contributed by atoms with Crippen LogP contribution in [0.1, 0.15) is 57.5 Å². The zero-order valence-corrected chi connectivity index (χ0v) is 16.4. The summed E-state index contributed by atoms with van der Waals surface area (Å²) < 4.78 is 7.67. The van der Waals surface area contributed by atoms with E-state index in [0.29, 0.717) is 6.04 Å². The number of hydrogen-bond acceptors (Lipinski definition) is 4. The van der Waals surface area contributed by atoms with Gasteiger partial charge in [-0.2, -0.15) is 0 Å². The Morgan fingerprint density at radius 2 is 1.96 bits per heavy atom. The van der Waals surface area contributed by atoms with Crippen LogP contribution in [0.25, 0.3) is 22.4 Å². The third kappa shape index (κ3) is 3.18. The molecule has 0 amide bonds. The Labute approximate surface area is 155 Å². The zero-order chi connectivity index (χ0) is 18.7. The predicted octanol–water partition coefficient (Wildman–Crippen LogP) is 5.12. The van der Waals surface area contributed by atoms with Crippen LogP contribution in [0.2, 0.25) is 0 Å². The van der Waals surface area contributed by atoms with Crippen molar-refractivity contribution in [1.29, 1.82) is 0 Å². The van der Waals surface area contributed by atoms with Crippen molar-refractivity contribution in [2.45, 2.75) is 59.4 Å². The minimum atomic E-state index is 0.430. The Morgan fingerprint density at radius 3 is 2.58 bits per heavy atom. The van der Waals surface area contributed by atoms with Crippen molar-refractivity contribution in [2.24, 2.45) is 0 Å². The van der Waals surface area contributed by atoms with Gasteiger partial charge in [-0.15, -0.1) is 0 Å². The molecule has 26 heavy (non-hydrogen) atoms. The van der Waals surface area contributed by atoms with Crippen molar-refractivity contribution in [1.82, 2.24) is 19.5 Å². The fraction of sp³-hybridized carbons (Fsp3) is 0.476. The molecule has 0 aliphatic heterocycles. The number of nitrogens with zero attached hydrogens (tertiary/aromatic N) is 4. The normalized spacial score (nSPS) is 12.5. The van der Waals surface area contributed by atoms with E-state index in [-0.39, 0.29) is 0 Å². The van der Waals surface area contributed by atoms with Crippen LogP contribution < -0.4 is 4.74 Å². The number of aryl methyl sites for hydroxylation is 2. The third-order valence-electron chi connectivity index (χ3n) is 5.01. The number of benzene rings is 1. The van der Waals surface area contributed by atoms with Gasteiger partial charge in [0.15, 0.2) is 5.65 Å². The second-order valence-electron chi connectivity index (χ2n) is 6.68. The zero-order valence-electron chi connectivity index (χ0n) is 16.4. The molecule has 0 fully saturated rings. The molecule has 0 aliphatic carbocycles. The van der Waals surface area contributed by atoms with E-state index < -0.39 is 0 Å². The number of hydrogen-bond donors (Lipinski definition) is 0. The van der Waals surface area contributed by atoms with Crippen molar-refractivity contribution in [3.05, 3.63) is 35.9 Å². The van der Waals surface area contributed by atoms with Crippen LogP contribution in [-0.4, -0.2) is 26.6 Å². The highest BCUT2D eigenvalue weighted by Gasteiger charge is 2.21. The molecule has 138 valence electrons. The molecule has 3 rings (SSSR count). The second-order valence-corrected chi connectivity index (χ2v) is 6.68. The quantitative estimate of drug-likeness (QED) is 0.592. The van der Waals surface area contributed by atoms with Crippen LogP contribution >= 0.6 is 0 Å². The topological polar surface area (TPSA) is 52.8 Å². The lowest BCUT2D eigenvalue weighted by molar-refractivity contribution is 0.414. The first-order chi connectivity index (χ1) is 12.6. The number of imidazole rings is 1. The Kier molecular flexibility index (Phi) is 5.55. The summed E-state index contributed by atoms with van der Waals surface area (Å²) in [5.41, 5.74) is 4.94. The molecule has 0 saturated heterocycles. The standard InChI is InChI=1S/C21H28N4O/c1-6-9-15(7-2)25-18(8-3)24-20-19(22-13-23-21(20)25)17-11-10-16(26-5)12-14(17)4/h10-13,15H,6-9H2,1-5H3. The van der Waals surface area contributed by atoms with Gasteiger partial charge < -0.3 is 9.30 Å². The molecule has 5 heteroatoms. The molecule has 0 N–H and O–H groups in total. The van der Waals surface area contributed by atoms with E-state index in [1.54, 1.807) is 13.4 Å². The van der Waals surface area contributed by atoms with E-state index in [0.717, 1.165) is 65.2 Å². The Morgan fingerprint density at radius 1 is 1.15 bits per heavy atom. The van der Waals surface area contributed by atoms with Gasteiger partial charge in [-0.05, 0) is 43.5 Å². The Balaban J connectivity index is 2.22. The smallest absolute Gasteiger partial charge is 0.164 e. The fourth-order valence-electron chi connectivity index (χ4n) is 3.66. The molecule has 1 unspecified atom stereocenters. The monoisotopic (exact) mass is 352 g/mol. The van der Waals surface area contributed by atoms with Gasteiger partial charge in [0.05, 0.1) is 7.11 Å². The van der Waals surface area contributed by atoms with Crippen molar-refractivity contribution in [3.8, 4) is 17.0 Å². The lowest BCUT2D eigenvalue weighted by Crippen LogP contribution is -2.12. The summed E-state index contributed by atoms with van der Waals surface area (Å²) >= 11 is 0. The first kappa shape index (κ1) is 18.4. The van der Waals surface area contributed by atoms with Gasteiger partial charge in [0.1, 0.15) is 29.1 Å². The maximum Gasteiger partial charge on any atom is 0.164 e. The molecular formula is C21H28N4O. The Hall–Kier alpha value is -2.43. The highest BCUT2D eigenvalue weighted by atomic mass is 16.5. The van der Waals surface area contributed by atoms with Gasteiger partial charge in [-0.25, -0.2) is 15.0 Å². The SMILES string of the molecule is CCCC(CC)n1c(CC)nc2c(-c3ccc(OC)cc3C)ncnc21. The molecule has 0 radical (unpaired) electrons. The summed E-state index contributed by atoms with van der Waals surface area (Å²) in [6.07, 6.45) is 5.91. The predicted molar refractivity (Wildman–Crippen MR) is 106 cm³/mol. The molecule has 0 spiro atoms. The van der Waals surface area contributed by atoms with E-state index in [2.05, 4.69) is 48.3 Å². The molecule has 2 aromatic heterocycles. The highest BCUT2D eigenvalue weighted by molar-refractivity contribution is 5.88. The third-order valence-corrected chi connectivity index (χ3v) is 5.01. The summed E-state index contributed by atoms with van der Waals surface area (Å²) in [4.78, 5) is 14.1. The second kappa shape index (κ2) is 7.85. The van der Waals surface area contributed by atoms with Crippen LogP contribution in [0.3, 0.4) is 0 Å². The molecule has 2 heterocycles. The van der Waals surface area contributed by atoms with E-state index >= 15 is 0 Å². The van der Waals surface area contributed by atoms with Crippen molar-refractivity contribution in [2.75, 3.05) is 7.11 Å². The number of methoxy groups -OCH3 is 1. The Bertz CT molecular complexity index is 900. The maximum absolute atomic E-state index is 5.33. The van der Waals surface area contributed by atoms with Gasteiger partial charge >= 0.3 is 0 Å². The fourth-order valence-corrected chi connectivity index (χ4v) is 3.66. The van der Waals surface area contributed by atoms with Crippen molar-refractivity contribution in [3.63, 3.8) is 0 Å². The van der Waals surface area contributed by atoms with Crippen molar-refractivity contribution >= 4 is 11.2 Å². The highest BCUT2D eigenvalue weighted by Crippen LogP contribution is 2.32. The summed E-state index contributed by atoms with van der Waals surface area (Å²) in [7, 11) is 1.69. The molecule has 0 saturated carbocycles. The summed E-state index contributed by atoms with van der Waals surface area (Å²) in [6, 6.07) is 6.50. The average molecular weight is 352 g/mol. The molecule has 0 aliphatic rings. The first-order valence-electron chi connectivity index (χ1n) is 9.51. The average Bonchev–Trinajstić information content (AvgIpc) is 3.04. The first-order valence-corrected chi connectivity index (χ1v) is 9.51. The van der Waals surface area contributed by atoms with Crippen LogP contribution in [0, 0.1) is 6.92 Å². The summed E-state index contributed by atoms with van der Waals surface area (Å²) in [5.74, 6) is 1.94. The molecule has 3 aromatic rings. The van der Waals surface area contributed by atoms with Crippen molar-refractivity contribution < 1.29 is 4.74 Å². The van der Waals surface area contributed by atoms with E-state index in [1.165, 1.54) is 0 Å².